The highest BCUT2D eigenvalue weighted by Crippen LogP contribution is 2.14. The van der Waals surface area contributed by atoms with Crippen LogP contribution in [0.25, 0.3) is 0 Å². The number of allylic oxidation sites excluding steroid dienone is 2. The lowest BCUT2D eigenvalue weighted by Crippen LogP contribution is -1.91. The molecular weight excluding hydrogens is 446 g/mol. The fraction of sp³-hybridized carbons (Fsp3) is 0.889. The Morgan fingerprint density at radius 1 is 0.297 bits per heavy atom. The van der Waals surface area contributed by atoms with Crippen molar-refractivity contribution in [3.63, 3.8) is 0 Å². The molecule has 0 aromatic rings. The molecule has 0 heterocycles. The first-order chi connectivity index (χ1) is 18.4. The Morgan fingerprint density at radius 3 is 0.757 bits per heavy atom. The molecule has 0 saturated carbocycles. The van der Waals surface area contributed by atoms with Crippen LogP contribution in [0.3, 0.4) is 0 Å². The number of hydrogen-bond donors (Lipinski definition) is 1. The number of rotatable bonds is 32. The molecule has 220 valence electrons. The number of nitrogens with one attached hydrogen (secondary N) is 1. The van der Waals surface area contributed by atoms with E-state index in [4.69, 9.17) is 0 Å². The minimum Gasteiger partial charge on any atom is -0.368 e. The summed E-state index contributed by atoms with van der Waals surface area (Å²) < 4.78 is 0. The summed E-state index contributed by atoms with van der Waals surface area (Å²) in [6.45, 7) is 4.60. The predicted molar refractivity (Wildman–Crippen MR) is 171 cm³/mol. The third kappa shape index (κ3) is 35.3. The molecule has 0 rings (SSSR count). The van der Waals surface area contributed by atoms with Crippen LogP contribution >= 0.6 is 0 Å². The topological polar surface area (TPSA) is 12.0 Å². The number of unbranched alkanes of at least 4 members (excludes halogenated alkanes) is 28. The molecule has 0 aromatic heterocycles. The van der Waals surface area contributed by atoms with Gasteiger partial charge in [0.05, 0.1) is 0 Å². The maximum atomic E-state index is 3.32. The molecule has 0 amide bonds. The Hall–Kier alpha value is -0.720. The Morgan fingerprint density at radius 2 is 0.514 bits per heavy atom. The standard InChI is InChI=1S/C36H71N/c1-3-5-7-9-11-13-15-17-19-21-23-25-27-29-31-33-35-37-36-34-32-30-28-26-24-22-20-18-16-14-12-10-8-6-4-2/h33-37H,3-32H2,1-2H3. The van der Waals surface area contributed by atoms with Crippen LogP contribution in [0.15, 0.2) is 24.6 Å². The molecule has 1 N–H and O–H groups in total. The van der Waals surface area contributed by atoms with Crippen LogP contribution < -0.4 is 5.32 Å². The van der Waals surface area contributed by atoms with Crippen molar-refractivity contribution in [2.24, 2.45) is 0 Å². The first-order valence-corrected chi connectivity index (χ1v) is 17.5. The largest absolute Gasteiger partial charge is 0.368 e. The summed E-state index contributed by atoms with van der Waals surface area (Å²) in [6.07, 6.45) is 51.6. The van der Waals surface area contributed by atoms with Crippen molar-refractivity contribution < 1.29 is 0 Å². The Labute approximate surface area is 236 Å². The van der Waals surface area contributed by atoms with Crippen molar-refractivity contribution >= 4 is 0 Å². The molecule has 0 aromatic carbocycles. The second-order valence-corrected chi connectivity index (χ2v) is 11.7. The van der Waals surface area contributed by atoms with E-state index in [9.17, 15) is 0 Å². The van der Waals surface area contributed by atoms with E-state index in [1.165, 1.54) is 193 Å². The fourth-order valence-corrected chi connectivity index (χ4v) is 5.27. The lowest BCUT2D eigenvalue weighted by molar-refractivity contribution is 0.536. The van der Waals surface area contributed by atoms with Gasteiger partial charge in [-0.1, -0.05) is 193 Å². The Bertz CT molecular complexity index is 398. The van der Waals surface area contributed by atoms with Crippen LogP contribution in [-0.4, -0.2) is 0 Å². The first kappa shape index (κ1) is 36.3. The fourth-order valence-electron chi connectivity index (χ4n) is 5.27. The molecule has 0 aliphatic carbocycles. The van der Waals surface area contributed by atoms with Crippen LogP contribution in [0.5, 0.6) is 0 Å². The normalized spacial score (nSPS) is 11.8. The van der Waals surface area contributed by atoms with E-state index >= 15 is 0 Å². The highest BCUT2D eigenvalue weighted by atomic mass is 14.8. The third-order valence-electron chi connectivity index (χ3n) is 7.88. The summed E-state index contributed by atoms with van der Waals surface area (Å²) in [5.74, 6) is 0. The SMILES string of the molecule is CCCCCCCCCCCCCCCCC=CNC=CCCCCCCCCCCCCCCCC. The molecule has 0 aliphatic heterocycles. The van der Waals surface area contributed by atoms with Crippen molar-refractivity contribution in [3.05, 3.63) is 24.6 Å². The maximum absolute atomic E-state index is 3.32. The molecule has 0 atom stereocenters. The third-order valence-corrected chi connectivity index (χ3v) is 7.88. The molecule has 0 fully saturated rings. The molecule has 1 heteroatoms. The average Bonchev–Trinajstić information content (AvgIpc) is 2.91. The first-order valence-electron chi connectivity index (χ1n) is 17.5. The van der Waals surface area contributed by atoms with Gasteiger partial charge in [-0.2, -0.15) is 0 Å². The summed E-state index contributed by atoms with van der Waals surface area (Å²) in [4.78, 5) is 0. The summed E-state index contributed by atoms with van der Waals surface area (Å²) in [5, 5.41) is 3.32. The van der Waals surface area contributed by atoms with Gasteiger partial charge in [0.2, 0.25) is 0 Å². The van der Waals surface area contributed by atoms with E-state index in [1.54, 1.807) is 0 Å². The quantitative estimate of drug-likeness (QED) is 0.0874. The van der Waals surface area contributed by atoms with Gasteiger partial charge >= 0.3 is 0 Å². The van der Waals surface area contributed by atoms with Crippen LogP contribution in [0, 0.1) is 0 Å². The molecule has 0 saturated heterocycles. The molecule has 0 unspecified atom stereocenters. The highest BCUT2D eigenvalue weighted by Gasteiger charge is 1.95. The molecule has 37 heavy (non-hydrogen) atoms. The van der Waals surface area contributed by atoms with E-state index in [0.717, 1.165) is 0 Å². The minimum atomic E-state index is 1.22. The van der Waals surface area contributed by atoms with Crippen molar-refractivity contribution in [1.82, 2.24) is 5.32 Å². The minimum absolute atomic E-state index is 1.22. The summed E-state index contributed by atoms with van der Waals surface area (Å²) in [6, 6.07) is 0. The van der Waals surface area contributed by atoms with Gasteiger partial charge in [0.25, 0.3) is 0 Å². The highest BCUT2D eigenvalue weighted by molar-refractivity contribution is 4.88. The number of hydrogen-bond acceptors (Lipinski definition) is 1. The summed E-state index contributed by atoms with van der Waals surface area (Å²) in [5.41, 5.74) is 0. The van der Waals surface area contributed by atoms with Crippen LogP contribution in [0.2, 0.25) is 0 Å². The van der Waals surface area contributed by atoms with Gasteiger partial charge in [0.15, 0.2) is 0 Å². The molecule has 0 bridgehead atoms. The van der Waals surface area contributed by atoms with E-state index < -0.39 is 0 Å². The zero-order valence-corrected chi connectivity index (χ0v) is 26.0. The van der Waals surface area contributed by atoms with Crippen molar-refractivity contribution in [3.8, 4) is 0 Å². The van der Waals surface area contributed by atoms with Gasteiger partial charge in [-0.05, 0) is 38.1 Å². The predicted octanol–water partition coefficient (Wildman–Crippen LogP) is 13.3. The van der Waals surface area contributed by atoms with Gasteiger partial charge in [-0.25, -0.2) is 0 Å². The molecule has 1 nitrogen and oxygen atoms in total. The lowest BCUT2D eigenvalue weighted by Gasteiger charge is -2.03. The van der Waals surface area contributed by atoms with E-state index in [2.05, 4.69) is 43.7 Å². The molecule has 0 spiro atoms. The van der Waals surface area contributed by atoms with Gasteiger partial charge in [-0.15, -0.1) is 0 Å². The Balaban J connectivity index is 3.14. The molecule has 0 aliphatic rings. The van der Waals surface area contributed by atoms with Gasteiger partial charge in [0, 0.05) is 0 Å². The van der Waals surface area contributed by atoms with Crippen LogP contribution in [-0.2, 0) is 0 Å². The zero-order valence-electron chi connectivity index (χ0n) is 26.0. The average molecular weight is 518 g/mol. The van der Waals surface area contributed by atoms with Crippen molar-refractivity contribution in [2.45, 2.75) is 206 Å². The van der Waals surface area contributed by atoms with Crippen molar-refractivity contribution in [2.75, 3.05) is 0 Å². The summed E-state index contributed by atoms with van der Waals surface area (Å²) >= 11 is 0. The van der Waals surface area contributed by atoms with E-state index in [1.807, 2.05) is 0 Å². The zero-order chi connectivity index (χ0) is 26.7. The maximum Gasteiger partial charge on any atom is -0.00358 e. The van der Waals surface area contributed by atoms with Gasteiger partial charge in [-0.3, -0.25) is 0 Å². The van der Waals surface area contributed by atoms with Crippen molar-refractivity contribution in [1.29, 1.82) is 0 Å². The monoisotopic (exact) mass is 518 g/mol. The summed E-state index contributed by atoms with van der Waals surface area (Å²) in [7, 11) is 0. The lowest BCUT2D eigenvalue weighted by atomic mass is 10.0. The van der Waals surface area contributed by atoms with Gasteiger partial charge < -0.3 is 5.32 Å². The second kappa shape index (κ2) is 35.3. The smallest absolute Gasteiger partial charge is 0.00358 e. The van der Waals surface area contributed by atoms with Crippen LogP contribution in [0.1, 0.15) is 206 Å². The van der Waals surface area contributed by atoms with Gasteiger partial charge in [0.1, 0.15) is 0 Å². The Kier molecular flexibility index (Phi) is 34.6. The van der Waals surface area contributed by atoms with E-state index in [0.29, 0.717) is 0 Å². The molecular formula is C36H71N. The van der Waals surface area contributed by atoms with Crippen LogP contribution in [0.4, 0.5) is 0 Å². The second-order valence-electron chi connectivity index (χ2n) is 11.7. The van der Waals surface area contributed by atoms with E-state index in [-0.39, 0.29) is 0 Å². The molecule has 0 radical (unpaired) electrons.